The lowest BCUT2D eigenvalue weighted by Crippen LogP contribution is -2.34. The van der Waals surface area contributed by atoms with E-state index in [0.29, 0.717) is 0 Å². The molecular formula is C13H18ClIN2O. The molecule has 1 fully saturated rings. The van der Waals surface area contributed by atoms with Gasteiger partial charge in [-0.25, -0.2) is 0 Å². The highest BCUT2D eigenvalue weighted by atomic mass is 127. The molecule has 0 saturated carbocycles. The second-order valence-corrected chi connectivity index (χ2v) is 5.59. The molecule has 2 rings (SSSR count). The van der Waals surface area contributed by atoms with Crippen molar-refractivity contribution in [3.63, 3.8) is 0 Å². The minimum absolute atomic E-state index is 0. The second-order valence-electron chi connectivity index (χ2n) is 4.43. The molecule has 0 N–H and O–H groups in total. The van der Waals surface area contributed by atoms with Crippen LogP contribution >= 0.6 is 35.0 Å². The van der Waals surface area contributed by atoms with Gasteiger partial charge in [-0.15, -0.1) is 12.4 Å². The number of hydrogen-bond donors (Lipinski definition) is 0. The first kappa shape index (κ1) is 15.7. The maximum absolute atomic E-state index is 12.4. The van der Waals surface area contributed by atoms with Gasteiger partial charge in [-0.2, -0.15) is 0 Å². The Labute approximate surface area is 128 Å². The van der Waals surface area contributed by atoms with Gasteiger partial charge in [-0.3, -0.25) is 4.79 Å². The van der Waals surface area contributed by atoms with E-state index in [0.717, 1.165) is 41.7 Å². The topological polar surface area (TPSA) is 23.6 Å². The van der Waals surface area contributed by atoms with E-state index in [9.17, 15) is 4.79 Å². The van der Waals surface area contributed by atoms with Crippen LogP contribution in [0.5, 0.6) is 0 Å². The van der Waals surface area contributed by atoms with Crippen LogP contribution in [0.3, 0.4) is 0 Å². The molecule has 0 bridgehead atoms. The van der Waals surface area contributed by atoms with Crippen molar-refractivity contribution >= 4 is 40.9 Å². The number of carbonyl (C=O) groups excluding carboxylic acids is 1. The zero-order chi connectivity index (χ0) is 12.3. The molecule has 18 heavy (non-hydrogen) atoms. The van der Waals surface area contributed by atoms with Crippen LogP contribution in [0.15, 0.2) is 24.3 Å². The summed E-state index contributed by atoms with van der Waals surface area (Å²) in [5.74, 6) is 0.172. The second kappa shape index (κ2) is 7.31. The maximum atomic E-state index is 12.4. The SMILES string of the molecule is CN1CCCN(C(=O)c2ccccc2I)CC1.Cl. The number of amides is 1. The van der Waals surface area contributed by atoms with E-state index < -0.39 is 0 Å². The first-order valence-corrected chi connectivity index (χ1v) is 6.98. The molecule has 100 valence electrons. The minimum Gasteiger partial charge on any atom is -0.337 e. The van der Waals surface area contributed by atoms with Crippen LogP contribution in [-0.2, 0) is 0 Å². The fourth-order valence-electron chi connectivity index (χ4n) is 2.05. The Bertz CT molecular complexity index is 414. The van der Waals surface area contributed by atoms with E-state index >= 15 is 0 Å². The largest absolute Gasteiger partial charge is 0.337 e. The summed E-state index contributed by atoms with van der Waals surface area (Å²) in [6.07, 6.45) is 1.06. The van der Waals surface area contributed by atoms with E-state index in [4.69, 9.17) is 0 Å². The van der Waals surface area contributed by atoms with E-state index in [1.807, 2.05) is 29.2 Å². The molecule has 5 heteroatoms. The van der Waals surface area contributed by atoms with E-state index in [1.165, 1.54) is 0 Å². The zero-order valence-corrected chi connectivity index (χ0v) is 13.4. The van der Waals surface area contributed by atoms with Crippen LogP contribution in [-0.4, -0.2) is 48.9 Å². The number of nitrogens with zero attached hydrogens (tertiary/aromatic N) is 2. The number of hydrogen-bond acceptors (Lipinski definition) is 2. The normalized spacial score (nSPS) is 16.9. The molecule has 0 aromatic heterocycles. The van der Waals surface area contributed by atoms with Gasteiger partial charge in [0.1, 0.15) is 0 Å². The van der Waals surface area contributed by atoms with Crippen LogP contribution < -0.4 is 0 Å². The number of likely N-dealkylation sites (N-methyl/N-ethyl adjacent to an activating group) is 1. The van der Waals surface area contributed by atoms with Gasteiger partial charge in [0.05, 0.1) is 5.56 Å². The lowest BCUT2D eigenvalue weighted by molar-refractivity contribution is 0.0762. The van der Waals surface area contributed by atoms with Crippen LogP contribution in [0.4, 0.5) is 0 Å². The van der Waals surface area contributed by atoms with Gasteiger partial charge < -0.3 is 9.80 Å². The van der Waals surface area contributed by atoms with Gasteiger partial charge in [0, 0.05) is 23.2 Å². The van der Waals surface area contributed by atoms with Gasteiger partial charge in [-0.05, 0) is 54.7 Å². The van der Waals surface area contributed by atoms with Crippen molar-refractivity contribution in [1.29, 1.82) is 0 Å². The molecule has 1 aliphatic heterocycles. The summed E-state index contributed by atoms with van der Waals surface area (Å²) in [5, 5.41) is 0. The molecular weight excluding hydrogens is 363 g/mol. The third-order valence-corrected chi connectivity index (χ3v) is 4.05. The molecule has 0 aliphatic carbocycles. The lowest BCUT2D eigenvalue weighted by atomic mass is 10.2. The molecule has 0 spiro atoms. The van der Waals surface area contributed by atoms with Gasteiger partial charge in [-0.1, -0.05) is 12.1 Å². The lowest BCUT2D eigenvalue weighted by Gasteiger charge is -2.21. The van der Waals surface area contributed by atoms with E-state index in [2.05, 4.69) is 34.5 Å². The smallest absolute Gasteiger partial charge is 0.254 e. The molecule has 3 nitrogen and oxygen atoms in total. The molecule has 1 aliphatic rings. The van der Waals surface area contributed by atoms with Crippen molar-refractivity contribution in [2.45, 2.75) is 6.42 Å². The predicted octanol–water partition coefficient (Wildman–Crippen LogP) is 2.49. The molecule has 1 saturated heterocycles. The third kappa shape index (κ3) is 3.83. The standard InChI is InChI=1S/C13H17IN2O.ClH/c1-15-7-4-8-16(10-9-15)13(17)11-5-2-3-6-12(11)14;/h2-3,5-6H,4,7-10H2,1H3;1H. The molecule has 1 aromatic rings. The number of halogens is 2. The van der Waals surface area contributed by atoms with Crippen LogP contribution in [0, 0.1) is 3.57 Å². The van der Waals surface area contributed by atoms with Crippen molar-refractivity contribution in [2.75, 3.05) is 33.2 Å². The average Bonchev–Trinajstić information content (AvgIpc) is 2.54. The summed E-state index contributed by atoms with van der Waals surface area (Å²) < 4.78 is 1.03. The van der Waals surface area contributed by atoms with Crippen molar-refractivity contribution in [3.8, 4) is 0 Å². The van der Waals surface area contributed by atoms with Crippen molar-refractivity contribution < 1.29 is 4.79 Å². The summed E-state index contributed by atoms with van der Waals surface area (Å²) in [5.41, 5.74) is 0.831. The molecule has 1 heterocycles. The van der Waals surface area contributed by atoms with Gasteiger partial charge in [0.2, 0.25) is 0 Å². The Morgan fingerprint density at radius 3 is 2.61 bits per heavy atom. The Balaban J connectivity index is 0.00000162. The Morgan fingerprint density at radius 2 is 1.89 bits per heavy atom. The van der Waals surface area contributed by atoms with Gasteiger partial charge in [0.15, 0.2) is 0 Å². The highest BCUT2D eigenvalue weighted by molar-refractivity contribution is 14.1. The third-order valence-electron chi connectivity index (χ3n) is 3.11. The molecule has 0 radical (unpaired) electrons. The summed E-state index contributed by atoms with van der Waals surface area (Å²) in [7, 11) is 2.11. The van der Waals surface area contributed by atoms with E-state index in [-0.39, 0.29) is 18.3 Å². The fourth-order valence-corrected chi connectivity index (χ4v) is 2.67. The van der Waals surface area contributed by atoms with Crippen LogP contribution in [0.2, 0.25) is 0 Å². The number of carbonyl (C=O) groups is 1. The summed E-state index contributed by atoms with van der Waals surface area (Å²) >= 11 is 2.23. The van der Waals surface area contributed by atoms with Crippen LogP contribution in [0.1, 0.15) is 16.8 Å². The van der Waals surface area contributed by atoms with Crippen molar-refractivity contribution in [3.05, 3.63) is 33.4 Å². The van der Waals surface area contributed by atoms with Gasteiger partial charge >= 0.3 is 0 Å². The summed E-state index contributed by atoms with van der Waals surface area (Å²) in [4.78, 5) is 16.6. The quantitative estimate of drug-likeness (QED) is 0.699. The predicted molar refractivity (Wildman–Crippen MR) is 84.4 cm³/mol. The highest BCUT2D eigenvalue weighted by Gasteiger charge is 2.20. The number of rotatable bonds is 1. The van der Waals surface area contributed by atoms with Gasteiger partial charge in [0.25, 0.3) is 5.91 Å². The highest BCUT2D eigenvalue weighted by Crippen LogP contribution is 2.15. The zero-order valence-electron chi connectivity index (χ0n) is 10.4. The Hall–Kier alpha value is -0.330. The Kier molecular flexibility index (Phi) is 6.38. The first-order valence-electron chi connectivity index (χ1n) is 5.91. The monoisotopic (exact) mass is 380 g/mol. The summed E-state index contributed by atoms with van der Waals surface area (Å²) in [6.45, 7) is 3.75. The first-order chi connectivity index (χ1) is 8.18. The molecule has 0 unspecified atom stereocenters. The summed E-state index contributed by atoms with van der Waals surface area (Å²) in [6, 6.07) is 7.80. The molecule has 1 aromatic carbocycles. The van der Waals surface area contributed by atoms with E-state index in [1.54, 1.807) is 0 Å². The van der Waals surface area contributed by atoms with Crippen molar-refractivity contribution in [1.82, 2.24) is 9.80 Å². The minimum atomic E-state index is 0. The molecule has 0 atom stereocenters. The van der Waals surface area contributed by atoms with Crippen molar-refractivity contribution in [2.24, 2.45) is 0 Å². The molecule has 1 amide bonds. The van der Waals surface area contributed by atoms with Crippen LogP contribution in [0.25, 0.3) is 0 Å². The fraction of sp³-hybridized carbons (Fsp3) is 0.462. The Morgan fingerprint density at radius 1 is 1.17 bits per heavy atom. The maximum Gasteiger partial charge on any atom is 0.254 e. The average molecular weight is 381 g/mol. The number of benzene rings is 1.